The molecule has 0 aliphatic carbocycles. The molecule has 2 aromatic rings. The lowest BCUT2D eigenvalue weighted by atomic mass is 10.3. The zero-order valence-corrected chi connectivity index (χ0v) is 10.8. The van der Waals surface area contributed by atoms with E-state index in [0.29, 0.717) is 18.3 Å². The molecule has 0 saturated carbocycles. The molecule has 0 aliphatic heterocycles. The number of nitrogens with zero attached hydrogens (tertiary/aromatic N) is 2. The van der Waals surface area contributed by atoms with Crippen molar-refractivity contribution in [3.63, 3.8) is 0 Å². The standard InChI is InChI=1S/C13H17N3O2/c1-9(2)17-12-6-4-11(5-7-12)14-8-13-16-15-10(3)18-13/h4-7,9,14H,8H2,1-3H3. The third-order valence-electron chi connectivity index (χ3n) is 2.24. The first-order chi connectivity index (χ1) is 8.63. The van der Waals surface area contributed by atoms with Crippen LogP contribution < -0.4 is 10.1 Å². The molecule has 0 atom stereocenters. The Balaban J connectivity index is 1.90. The monoisotopic (exact) mass is 247 g/mol. The summed E-state index contributed by atoms with van der Waals surface area (Å²) in [7, 11) is 0. The summed E-state index contributed by atoms with van der Waals surface area (Å²) in [6.45, 7) is 6.30. The molecule has 1 heterocycles. The van der Waals surface area contributed by atoms with Crippen LogP contribution in [-0.4, -0.2) is 16.3 Å². The zero-order chi connectivity index (χ0) is 13.0. The molecule has 18 heavy (non-hydrogen) atoms. The molecule has 0 spiro atoms. The average Bonchev–Trinajstić information content (AvgIpc) is 2.74. The molecule has 0 aliphatic rings. The number of aryl methyl sites for hydroxylation is 1. The van der Waals surface area contributed by atoms with Gasteiger partial charge in [0.25, 0.3) is 0 Å². The van der Waals surface area contributed by atoms with Crippen molar-refractivity contribution in [3.8, 4) is 5.75 Å². The first-order valence-corrected chi connectivity index (χ1v) is 5.93. The zero-order valence-electron chi connectivity index (χ0n) is 10.8. The normalized spacial score (nSPS) is 10.7. The van der Waals surface area contributed by atoms with Gasteiger partial charge in [-0.2, -0.15) is 0 Å². The van der Waals surface area contributed by atoms with Crippen LogP contribution >= 0.6 is 0 Å². The van der Waals surface area contributed by atoms with Crippen LogP contribution in [0.2, 0.25) is 0 Å². The van der Waals surface area contributed by atoms with Crippen molar-refractivity contribution >= 4 is 5.69 Å². The van der Waals surface area contributed by atoms with Gasteiger partial charge >= 0.3 is 0 Å². The second-order valence-corrected chi connectivity index (χ2v) is 4.26. The SMILES string of the molecule is Cc1nnc(CNc2ccc(OC(C)C)cc2)o1. The van der Waals surface area contributed by atoms with Crippen LogP contribution in [0.15, 0.2) is 28.7 Å². The van der Waals surface area contributed by atoms with E-state index < -0.39 is 0 Å². The number of hydrogen-bond acceptors (Lipinski definition) is 5. The summed E-state index contributed by atoms with van der Waals surface area (Å²) in [5.41, 5.74) is 0.988. The van der Waals surface area contributed by atoms with E-state index >= 15 is 0 Å². The van der Waals surface area contributed by atoms with Gasteiger partial charge in [-0.1, -0.05) is 0 Å². The highest BCUT2D eigenvalue weighted by Gasteiger charge is 2.02. The summed E-state index contributed by atoms with van der Waals surface area (Å²) in [6.07, 6.45) is 0.185. The van der Waals surface area contributed by atoms with E-state index in [-0.39, 0.29) is 6.10 Å². The van der Waals surface area contributed by atoms with Gasteiger partial charge in [0, 0.05) is 12.6 Å². The molecule has 0 radical (unpaired) electrons. The highest BCUT2D eigenvalue weighted by molar-refractivity contribution is 5.46. The minimum absolute atomic E-state index is 0.185. The number of anilines is 1. The lowest BCUT2D eigenvalue weighted by Crippen LogP contribution is -2.05. The van der Waals surface area contributed by atoms with Gasteiger partial charge in [0.1, 0.15) is 5.75 Å². The second kappa shape index (κ2) is 5.53. The van der Waals surface area contributed by atoms with Crippen molar-refractivity contribution in [3.05, 3.63) is 36.0 Å². The number of nitrogens with one attached hydrogen (secondary N) is 1. The molecule has 5 heteroatoms. The molecule has 0 unspecified atom stereocenters. The predicted octanol–water partition coefficient (Wildman–Crippen LogP) is 2.78. The highest BCUT2D eigenvalue weighted by Crippen LogP contribution is 2.17. The first kappa shape index (κ1) is 12.4. The van der Waals surface area contributed by atoms with Gasteiger partial charge in [0.15, 0.2) is 0 Å². The number of ether oxygens (including phenoxy) is 1. The third kappa shape index (κ3) is 3.48. The summed E-state index contributed by atoms with van der Waals surface area (Å²) in [4.78, 5) is 0. The van der Waals surface area contributed by atoms with Crippen molar-refractivity contribution in [1.29, 1.82) is 0 Å². The number of hydrogen-bond donors (Lipinski definition) is 1. The van der Waals surface area contributed by atoms with Crippen molar-refractivity contribution in [2.45, 2.75) is 33.4 Å². The Labute approximate surface area is 106 Å². The minimum Gasteiger partial charge on any atom is -0.491 e. The summed E-state index contributed by atoms with van der Waals surface area (Å²) in [5.74, 6) is 2.02. The first-order valence-electron chi connectivity index (χ1n) is 5.93. The van der Waals surface area contributed by atoms with Crippen LogP contribution in [0.4, 0.5) is 5.69 Å². The highest BCUT2D eigenvalue weighted by atomic mass is 16.5. The second-order valence-electron chi connectivity index (χ2n) is 4.26. The maximum Gasteiger partial charge on any atom is 0.235 e. The molecule has 0 bridgehead atoms. The van der Waals surface area contributed by atoms with Gasteiger partial charge in [0.2, 0.25) is 11.8 Å². The summed E-state index contributed by atoms with van der Waals surface area (Å²) in [6, 6.07) is 7.78. The van der Waals surface area contributed by atoms with E-state index in [9.17, 15) is 0 Å². The van der Waals surface area contributed by atoms with Crippen LogP contribution in [0.25, 0.3) is 0 Å². The fourth-order valence-corrected chi connectivity index (χ4v) is 1.51. The molecule has 0 saturated heterocycles. The van der Waals surface area contributed by atoms with Crippen molar-refractivity contribution < 1.29 is 9.15 Å². The quantitative estimate of drug-likeness (QED) is 0.880. The van der Waals surface area contributed by atoms with Gasteiger partial charge in [-0.15, -0.1) is 10.2 Å². The largest absolute Gasteiger partial charge is 0.491 e. The molecule has 0 amide bonds. The average molecular weight is 247 g/mol. The minimum atomic E-state index is 0.185. The van der Waals surface area contributed by atoms with Gasteiger partial charge in [-0.25, -0.2) is 0 Å². The van der Waals surface area contributed by atoms with Crippen LogP contribution in [0.3, 0.4) is 0 Å². The lowest BCUT2D eigenvalue weighted by Gasteiger charge is -2.10. The molecule has 5 nitrogen and oxygen atoms in total. The van der Waals surface area contributed by atoms with Gasteiger partial charge in [-0.05, 0) is 38.1 Å². The summed E-state index contributed by atoms with van der Waals surface area (Å²) < 4.78 is 10.8. The van der Waals surface area contributed by atoms with E-state index in [4.69, 9.17) is 9.15 Å². The van der Waals surface area contributed by atoms with E-state index in [1.54, 1.807) is 6.92 Å². The van der Waals surface area contributed by atoms with Crippen LogP contribution in [0.1, 0.15) is 25.6 Å². The Bertz CT molecular complexity index is 491. The Kier molecular flexibility index (Phi) is 3.82. The van der Waals surface area contributed by atoms with Crippen molar-refractivity contribution in [2.24, 2.45) is 0 Å². The number of aromatic nitrogens is 2. The topological polar surface area (TPSA) is 60.2 Å². The molecule has 1 aromatic carbocycles. The van der Waals surface area contributed by atoms with E-state index in [1.165, 1.54) is 0 Å². The molecular formula is C13H17N3O2. The Morgan fingerprint density at radius 1 is 1.22 bits per heavy atom. The third-order valence-corrected chi connectivity index (χ3v) is 2.24. The van der Waals surface area contributed by atoms with Crippen LogP contribution in [0.5, 0.6) is 5.75 Å². The van der Waals surface area contributed by atoms with Crippen molar-refractivity contribution in [2.75, 3.05) is 5.32 Å². The number of benzene rings is 1. The van der Waals surface area contributed by atoms with Gasteiger partial charge in [0.05, 0.1) is 12.6 Å². The smallest absolute Gasteiger partial charge is 0.235 e. The fraction of sp³-hybridized carbons (Fsp3) is 0.385. The van der Waals surface area contributed by atoms with Gasteiger partial charge in [-0.3, -0.25) is 0 Å². The maximum atomic E-state index is 5.57. The molecule has 1 aromatic heterocycles. The van der Waals surface area contributed by atoms with Gasteiger partial charge < -0.3 is 14.5 Å². The molecule has 1 N–H and O–H groups in total. The number of rotatable bonds is 5. The Hall–Kier alpha value is -2.04. The van der Waals surface area contributed by atoms with Crippen molar-refractivity contribution in [1.82, 2.24) is 10.2 Å². The van der Waals surface area contributed by atoms with E-state index in [0.717, 1.165) is 11.4 Å². The molecule has 96 valence electrons. The molecular weight excluding hydrogens is 230 g/mol. The van der Waals surface area contributed by atoms with E-state index in [1.807, 2.05) is 38.1 Å². The summed E-state index contributed by atoms with van der Waals surface area (Å²) in [5, 5.41) is 10.9. The maximum absolute atomic E-state index is 5.57. The summed E-state index contributed by atoms with van der Waals surface area (Å²) >= 11 is 0. The molecule has 2 rings (SSSR count). The Morgan fingerprint density at radius 2 is 1.94 bits per heavy atom. The molecule has 0 fully saturated rings. The predicted molar refractivity (Wildman–Crippen MR) is 68.6 cm³/mol. The lowest BCUT2D eigenvalue weighted by molar-refractivity contribution is 0.242. The van der Waals surface area contributed by atoms with Crippen LogP contribution in [0, 0.1) is 6.92 Å². The van der Waals surface area contributed by atoms with E-state index in [2.05, 4.69) is 15.5 Å². The Morgan fingerprint density at radius 3 is 2.50 bits per heavy atom. The fourth-order valence-electron chi connectivity index (χ4n) is 1.51. The van der Waals surface area contributed by atoms with Crippen LogP contribution in [-0.2, 0) is 6.54 Å².